The second-order valence-corrected chi connectivity index (χ2v) is 55.8. The fourth-order valence-electron chi connectivity index (χ4n) is 13.7. The Hall–Kier alpha value is -5.54. The SMILES string of the molecule is CC1=Cc2ccc3ccccc3c2[CH]1[Zr](=[SiH2])([O]c1ccc(C)cc1C(C)(C)C)([O]c1ccc(C)cc1C(C)(C)C)([c]1ccccc1)([c]1ccccc1)[CH]1C(C)=Cc2ccc3ccccc3c21. The molecule has 10 rings (SSSR count). The van der Waals surface area contributed by atoms with E-state index >= 15 is 0 Å². The molecule has 0 aliphatic heterocycles. The van der Waals surface area contributed by atoms with Crippen LogP contribution in [-0.4, -0.2) is 6.88 Å². The Balaban J connectivity index is 1.64. The van der Waals surface area contributed by atoms with Crippen LogP contribution < -0.4 is 12.2 Å². The third-order valence-electron chi connectivity index (χ3n) is 16.2. The molecule has 2 unspecified atom stereocenters. The summed E-state index contributed by atoms with van der Waals surface area (Å²) in [5, 5.41) is 4.82. The molecular weight excluding hydrogens is 896 g/mol. The molecule has 0 spiro atoms. The molecule has 0 radical (unpaired) electrons. The molecule has 0 saturated heterocycles. The number of aryl methyl sites for hydroxylation is 2. The van der Waals surface area contributed by atoms with E-state index in [0.717, 1.165) is 29.2 Å². The average molecular weight is 961 g/mol. The van der Waals surface area contributed by atoms with Gasteiger partial charge in [0, 0.05) is 0 Å². The zero-order chi connectivity index (χ0) is 46.6. The van der Waals surface area contributed by atoms with Gasteiger partial charge in [-0.05, 0) is 0 Å². The van der Waals surface area contributed by atoms with Gasteiger partial charge in [-0.15, -0.1) is 0 Å². The Bertz CT molecular complexity index is 3270. The maximum absolute atomic E-state index is 9.57. The van der Waals surface area contributed by atoms with Crippen LogP contribution in [0.1, 0.15) is 107 Å². The van der Waals surface area contributed by atoms with E-state index in [1.807, 2.05) is 0 Å². The summed E-state index contributed by atoms with van der Waals surface area (Å²) in [7, 11) is 0. The van der Waals surface area contributed by atoms with Crippen molar-refractivity contribution >= 4 is 47.1 Å². The molecule has 2 aliphatic carbocycles. The van der Waals surface area contributed by atoms with Crippen molar-refractivity contribution < 1.29 is 20.9 Å². The van der Waals surface area contributed by atoms with Crippen molar-refractivity contribution in [3.63, 3.8) is 0 Å². The first-order valence-corrected chi connectivity index (χ1v) is 37.1. The number of benzene rings is 8. The van der Waals surface area contributed by atoms with Crippen LogP contribution >= 0.6 is 0 Å². The standard InChI is InChI=1S/2C14H11.2C11H16O.2C6H5.H2Si.Zr/c2*1-10-8-12-7-6-11-4-2-3-5-13(11)14(12)9-10;2*1-8-5-6-10(12)9(7-8)11(2,3)4;2*1-2-4-6-5-3-1;;/h2*2-9H,1H3;2*5-7,12H,1-4H3;2*1-5H;1H2;/q;;;;;;;+2/p-2. The van der Waals surface area contributed by atoms with Crippen LogP contribution in [0.5, 0.6) is 11.5 Å². The van der Waals surface area contributed by atoms with Crippen LogP contribution in [0.2, 0.25) is 0 Å². The molecule has 0 heterocycles. The molecule has 8 aromatic carbocycles. The van der Waals surface area contributed by atoms with Gasteiger partial charge in [-0.1, -0.05) is 0 Å². The van der Waals surface area contributed by atoms with Crippen LogP contribution in [0.25, 0.3) is 33.7 Å². The zero-order valence-electron chi connectivity index (χ0n) is 40.5. The second-order valence-electron chi connectivity index (χ2n) is 22.5. The second kappa shape index (κ2) is 14.2. The van der Waals surface area contributed by atoms with Crippen molar-refractivity contribution in [3.05, 3.63) is 226 Å². The Morgan fingerprint density at radius 3 is 1.17 bits per heavy atom. The van der Waals surface area contributed by atoms with Gasteiger partial charge >= 0.3 is 392 Å². The van der Waals surface area contributed by atoms with Crippen LogP contribution in [-0.2, 0) is 26.1 Å². The topological polar surface area (TPSA) is 18.5 Å². The van der Waals surface area contributed by atoms with Crippen molar-refractivity contribution in [3.8, 4) is 11.5 Å². The Labute approximate surface area is 389 Å². The van der Waals surface area contributed by atoms with E-state index in [1.54, 1.807) is 0 Å². The Morgan fingerprint density at radius 1 is 0.424 bits per heavy atom. The van der Waals surface area contributed by atoms with Gasteiger partial charge in [0.25, 0.3) is 0 Å². The molecule has 332 valence electrons. The monoisotopic (exact) mass is 958 g/mol. The number of fused-ring (bicyclic) bond motifs is 6. The zero-order valence-corrected chi connectivity index (χ0v) is 44.4. The van der Waals surface area contributed by atoms with E-state index < -0.39 is 22.6 Å². The van der Waals surface area contributed by atoms with Gasteiger partial charge in [0.15, 0.2) is 0 Å². The van der Waals surface area contributed by atoms with Crippen LogP contribution in [0.4, 0.5) is 0 Å². The molecule has 0 fully saturated rings. The van der Waals surface area contributed by atoms with E-state index in [2.05, 4.69) is 258 Å². The molecule has 2 nitrogen and oxygen atoms in total. The van der Waals surface area contributed by atoms with Gasteiger partial charge < -0.3 is 0 Å². The van der Waals surface area contributed by atoms with E-state index in [-0.39, 0.29) is 10.8 Å². The van der Waals surface area contributed by atoms with E-state index in [9.17, 15) is 5.63 Å². The van der Waals surface area contributed by atoms with Gasteiger partial charge in [-0.2, -0.15) is 0 Å². The van der Waals surface area contributed by atoms with Gasteiger partial charge in [0.1, 0.15) is 0 Å². The predicted octanol–water partition coefficient (Wildman–Crippen LogP) is 14.8. The third kappa shape index (κ3) is 5.67. The summed E-state index contributed by atoms with van der Waals surface area (Å²) < 4.78 is 20.5. The number of hydrogen-bond acceptors (Lipinski definition) is 2. The molecule has 0 amide bonds. The Morgan fingerprint density at radius 2 is 0.788 bits per heavy atom. The summed E-state index contributed by atoms with van der Waals surface area (Å²) in [6.45, 7) is 25.3. The van der Waals surface area contributed by atoms with Crippen molar-refractivity contribution in [2.24, 2.45) is 0 Å². The summed E-state index contributed by atoms with van der Waals surface area (Å²) in [5.41, 5.74) is 11.4. The number of rotatable bonds is 8. The molecule has 0 aromatic heterocycles. The fraction of sp³-hybridized carbons (Fsp3) is 0.226. The van der Waals surface area contributed by atoms with Gasteiger partial charge in [-0.3, -0.25) is 0 Å². The molecule has 0 saturated carbocycles. The average Bonchev–Trinajstić information content (AvgIpc) is 3.86. The third-order valence-corrected chi connectivity index (χ3v) is 55.1. The van der Waals surface area contributed by atoms with Crippen LogP contribution in [0.15, 0.2) is 181 Å². The van der Waals surface area contributed by atoms with Crippen molar-refractivity contribution in [1.82, 2.24) is 0 Å². The fourth-order valence-corrected chi connectivity index (χ4v) is 55.8. The molecule has 4 heteroatoms. The molecule has 0 N–H and O–H groups in total. The predicted molar refractivity (Wildman–Crippen MR) is 282 cm³/mol. The molecule has 2 aliphatic rings. The van der Waals surface area contributed by atoms with Gasteiger partial charge in [-0.25, -0.2) is 0 Å². The van der Waals surface area contributed by atoms with Crippen LogP contribution in [0.3, 0.4) is 0 Å². The summed E-state index contributed by atoms with van der Waals surface area (Å²) >= 11 is -8.17. The van der Waals surface area contributed by atoms with Crippen molar-refractivity contribution in [2.45, 2.75) is 87.3 Å². The minimum absolute atomic E-state index is 0.304. The number of hydrogen-bond donors (Lipinski definition) is 0. The molecule has 8 aromatic rings. The summed E-state index contributed by atoms with van der Waals surface area (Å²) in [4.78, 5) is 0. The summed E-state index contributed by atoms with van der Waals surface area (Å²) in [6.07, 6.45) is 4.92. The summed E-state index contributed by atoms with van der Waals surface area (Å²) in [5.74, 6) is 1.70. The quantitative estimate of drug-likeness (QED) is 0.141. The van der Waals surface area contributed by atoms with Gasteiger partial charge in [0.05, 0.1) is 0 Å². The normalized spacial score (nSPS) is 17.8. The first-order chi connectivity index (χ1) is 31.3. The van der Waals surface area contributed by atoms with Crippen molar-refractivity contribution in [2.75, 3.05) is 0 Å². The van der Waals surface area contributed by atoms with E-state index in [1.165, 1.54) is 66.1 Å². The molecule has 2 atom stereocenters. The van der Waals surface area contributed by atoms with Gasteiger partial charge in [0.2, 0.25) is 0 Å². The Kier molecular flexibility index (Phi) is 9.56. The maximum atomic E-state index is 9.57. The van der Waals surface area contributed by atoms with Crippen LogP contribution in [0, 0.1) is 13.8 Å². The molecule has 66 heavy (non-hydrogen) atoms. The van der Waals surface area contributed by atoms with E-state index in [4.69, 9.17) is 0 Å². The number of allylic oxidation sites excluding steroid dienone is 2. The van der Waals surface area contributed by atoms with E-state index in [0.29, 0.717) is 0 Å². The molecular formula is C62H64O2SiZr. The first-order valence-electron chi connectivity index (χ1n) is 23.8. The summed E-state index contributed by atoms with van der Waals surface area (Å²) in [6, 6.07) is 63.9. The van der Waals surface area contributed by atoms with Crippen molar-refractivity contribution in [1.29, 1.82) is 0 Å². The first kappa shape index (κ1) is 44.3. The molecule has 0 bridgehead atoms. The minimum atomic E-state index is -8.17.